The molecule has 0 radical (unpaired) electrons. The maximum Gasteiger partial charge on any atom is 0.240 e. The lowest BCUT2D eigenvalue weighted by Crippen LogP contribution is -2.57. The van der Waals surface area contributed by atoms with Crippen LogP contribution in [-0.4, -0.2) is 37.7 Å². The lowest BCUT2D eigenvalue weighted by atomic mass is 9.90. The van der Waals surface area contributed by atoms with Crippen LogP contribution in [0.3, 0.4) is 0 Å². The Morgan fingerprint density at radius 2 is 2.24 bits per heavy atom. The normalized spacial score (nSPS) is 24.6. The lowest BCUT2D eigenvalue weighted by molar-refractivity contribution is -0.127. The highest BCUT2D eigenvalue weighted by molar-refractivity contribution is 5.85. The monoisotopic (exact) mass is 242 g/mol. The van der Waals surface area contributed by atoms with E-state index in [0.29, 0.717) is 6.54 Å². The standard InChI is InChI=1S/C13H26N2O2/c1-3-10-17-11-6-8-14-12(16)13(2)7-4-5-9-15-13/h15H,3-11H2,1-2H3,(H,14,16). The summed E-state index contributed by atoms with van der Waals surface area (Å²) in [6.45, 7) is 7.29. The van der Waals surface area contributed by atoms with E-state index in [1.807, 2.05) is 6.92 Å². The molecule has 1 rings (SSSR count). The van der Waals surface area contributed by atoms with Crippen LogP contribution in [-0.2, 0) is 9.53 Å². The molecule has 4 heteroatoms. The first-order valence-corrected chi connectivity index (χ1v) is 6.80. The summed E-state index contributed by atoms with van der Waals surface area (Å²) in [6, 6.07) is 0. The van der Waals surface area contributed by atoms with Crippen molar-refractivity contribution in [3.63, 3.8) is 0 Å². The van der Waals surface area contributed by atoms with Gasteiger partial charge in [-0.3, -0.25) is 4.79 Å². The first-order valence-electron chi connectivity index (χ1n) is 6.80. The Morgan fingerprint density at radius 1 is 1.41 bits per heavy atom. The Balaban J connectivity index is 2.11. The Kier molecular flexibility index (Phi) is 6.52. The number of rotatable bonds is 7. The fourth-order valence-corrected chi connectivity index (χ4v) is 2.07. The van der Waals surface area contributed by atoms with E-state index in [9.17, 15) is 4.79 Å². The van der Waals surface area contributed by atoms with E-state index in [2.05, 4.69) is 17.6 Å². The molecule has 0 aromatic heterocycles. The average molecular weight is 242 g/mol. The third-order valence-electron chi connectivity index (χ3n) is 3.22. The Bertz CT molecular complexity index is 225. The third kappa shape index (κ3) is 5.04. The van der Waals surface area contributed by atoms with Crippen molar-refractivity contribution in [1.29, 1.82) is 0 Å². The second kappa shape index (κ2) is 7.67. The number of carbonyl (C=O) groups is 1. The van der Waals surface area contributed by atoms with Crippen LogP contribution in [0, 0.1) is 0 Å². The summed E-state index contributed by atoms with van der Waals surface area (Å²) in [5.74, 6) is 0.132. The number of hydrogen-bond acceptors (Lipinski definition) is 3. The van der Waals surface area contributed by atoms with E-state index in [4.69, 9.17) is 4.74 Å². The van der Waals surface area contributed by atoms with Gasteiger partial charge in [-0.25, -0.2) is 0 Å². The van der Waals surface area contributed by atoms with Crippen LogP contribution in [0.5, 0.6) is 0 Å². The summed E-state index contributed by atoms with van der Waals surface area (Å²) in [6.07, 6.45) is 5.19. The summed E-state index contributed by atoms with van der Waals surface area (Å²) < 4.78 is 5.37. The van der Waals surface area contributed by atoms with E-state index in [1.54, 1.807) is 0 Å². The van der Waals surface area contributed by atoms with Crippen molar-refractivity contribution in [2.75, 3.05) is 26.3 Å². The first kappa shape index (κ1) is 14.5. The topological polar surface area (TPSA) is 50.4 Å². The molecule has 4 nitrogen and oxygen atoms in total. The summed E-state index contributed by atoms with van der Waals surface area (Å²) in [7, 11) is 0. The van der Waals surface area contributed by atoms with Crippen molar-refractivity contribution in [1.82, 2.24) is 10.6 Å². The van der Waals surface area contributed by atoms with E-state index in [0.717, 1.165) is 45.4 Å². The third-order valence-corrected chi connectivity index (χ3v) is 3.22. The molecular weight excluding hydrogens is 216 g/mol. The SMILES string of the molecule is CCCOCCCNC(=O)C1(C)CCCCN1. The summed E-state index contributed by atoms with van der Waals surface area (Å²) >= 11 is 0. The summed E-state index contributed by atoms with van der Waals surface area (Å²) in [5, 5.41) is 6.30. The molecule has 0 saturated carbocycles. The number of ether oxygens (including phenoxy) is 1. The molecule has 0 bridgehead atoms. The summed E-state index contributed by atoms with van der Waals surface area (Å²) in [4.78, 5) is 12.0. The summed E-state index contributed by atoms with van der Waals surface area (Å²) in [5.41, 5.74) is -0.359. The maximum atomic E-state index is 12.0. The van der Waals surface area contributed by atoms with Gasteiger partial charge in [0.1, 0.15) is 0 Å². The van der Waals surface area contributed by atoms with Gasteiger partial charge in [-0.2, -0.15) is 0 Å². The van der Waals surface area contributed by atoms with Gasteiger partial charge >= 0.3 is 0 Å². The molecule has 1 amide bonds. The predicted octanol–water partition coefficient (Wildman–Crippen LogP) is 1.45. The highest BCUT2D eigenvalue weighted by atomic mass is 16.5. The minimum atomic E-state index is -0.359. The second-order valence-electron chi connectivity index (χ2n) is 4.94. The van der Waals surface area contributed by atoms with Gasteiger partial charge in [-0.05, 0) is 45.6 Å². The predicted molar refractivity (Wildman–Crippen MR) is 69.0 cm³/mol. The van der Waals surface area contributed by atoms with Crippen molar-refractivity contribution in [3.05, 3.63) is 0 Å². The van der Waals surface area contributed by atoms with Crippen LogP contribution in [0.2, 0.25) is 0 Å². The lowest BCUT2D eigenvalue weighted by Gasteiger charge is -2.33. The van der Waals surface area contributed by atoms with Crippen molar-refractivity contribution in [3.8, 4) is 0 Å². The molecule has 1 aliphatic heterocycles. The molecule has 0 aliphatic carbocycles. The van der Waals surface area contributed by atoms with E-state index < -0.39 is 0 Å². The zero-order valence-electron chi connectivity index (χ0n) is 11.2. The first-order chi connectivity index (χ1) is 8.19. The molecule has 0 aromatic rings. The number of carbonyl (C=O) groups excluding carboxylic acids is 1. The minimum absolute atomic E-state index is 0.132. The second-order valence-corrected chi connectivity index (χ2v) is 4.94. The van der Waals surface area contributed by atoms with Crippen LogP contribution in [0.4, 0.5) is 0 Å². The molecule has 100 valence electrons. The van der Waals surface area contributed by atoms with Gasteiger partial charge in [0.05, 0.1) is 5.54 Å². The highest BCUT2D eigenvalue weighted by Gasteiger charge is 2.33. The Morgan fingerprint density at radius 3 is 2.88 bits per heavy atom. The molecule has 0 spiro atoms. The molecule has 17 heavy (non-hydrogen) atoms. The van der Waals surface area contributed by atoms with Crippen LogP contribution in [0.25, 0.3) is 0 Å². The molecule has 1 unspecified atom stereocenters. The Labute approximate surface area is 104 Å². The molecule has 1 saturated heterocycles. The smallest absolute Gasteiger partial charge is 0.240 e. The largest absolute Gasteiger partial charge is 0.381 e. The van der Waals surface area contributed by atoms with Crippen molar-refractivity contribution in [2.45, 2.75) is 51.5 Å². The van der Waals surface area contributed by atoms with E-state index in [-0.39, 0.29) is 11.4 Å². The number of nitrogens with one attached hydrogen (secondary N) is 2. The van der Waals surface area contributed by atoms with Crippen molar-refractivity contribution >= 4 is 5.91 Å². The highest BCUT2D eigenvalue weighted by Crippen LogP contribution is 2.18. The van der Waals surface area contributed by atoms with Gasteiger partial charge in [0, 0.05) is 19.8 Å². The maximum absolute atomic E-state index is 12.0. The van der Waals surface area contributed by atoms with Gasteiger partial charge in [-0.15, -0.1) is 0 Å². The van der Waals surface area contributed by atoms with E-state index >= 15 is 0 Å². The zero-order valence-corrected chi connectivity index (χ0v) is 11.2. The van der Waals surface area contributed by atoms with Crippen LogP contribution < -0.4 is 10.6 Å². The number of hydrogen-bond donors (Lipinski definition) is 2. The molecule has 1 atom stereocenters. The van der Waals surface area contributed by atoms with Crippen LogP contribution in [0.1, 0.15) is 46.0 Å². The van der Waals surface area contributed by atoms with Gasteiger partial charge in [0.25, 0.3) is 0 Å². The van der Waals surface area contributed by atoms with E-state index in [1.165, 1.54) is 6.42 Å². The minimum Gasteiger partial charge on any atom is -0.381 e. The molecular formula is C13H26N2O2. The van der Waals surface area contributed by atoms with Gasteiger partial charge in [0.15, 0.2) is 0 Å². The Hall–Kier alpha value is -0.610. The quantitative estimate of drug-likeness (QED) is 0.664. The molecule has 1 heterocycles. The van der Waals surface area contributed by atoms with Gasteiger partial charge in [-0.1, -0.05) is 6.92 Å². The van der Waals surface area contributed by atoms with Gasteiger partial charge in [0.2, 0.25) is 5.91 Å². The fourth-order valence-electron chi connectivity index (χ4n) is 2.07. The van der Waals surface area contributed by atoms with Gasteiger partial charge < -0.3 is 15.4 Å². The van der Waals surface area contributed by atoms with Crippen LogP contribution >= 0.6 is 0 Å². The fraction of sp³-hybridized carbons (Fsp3) is 0.923. The molecule has 2 N–H and O–H groups in total. The molecule has 1 fully saturated rings. The molecule has 1 aliphatic rings. The number of amides is 1. The molecule has 0 aromatic carbocycles. The average Bonchev–Trinajstić information content (AvgIpc) is 2.34. The zero-order chi connectivity index (χ0) is 12.6. The van der Waals surface area contributed by atoms with Crippen LogP contribution in [0.15, 0.2) is 0 Å². The number of piperidine rings is 1. The van der Waals surface area contributed by atoms with Crippen molar-refractivity contribution < 1.29 is 9.53 Å². The van der Waals surface area contributed by atoms with Crippen molar-refractivity contribution in [2.24, 2.45) is 0 Å².